The average Bonchev–Trinajstić information content (AvgIpc) is 2.82. The van der Waals surface area contributed by atoms with Gasteiger partial charge < -0.3 is 4.74 Å². The van der Waals surface area contributed by atoms with Gasteiger partial charge in [-0.25, -0.2) is 0 Å². The van der Waals surface area contributed by atoms with Crippen LogP contribution in [0.2, 0.25) is 0 Å². The van der Waals surface area contributed by atoms with Crippen LogP contribution in [0.1, 0.15) is 40.5 Å². The van der Waals surface area contributed by atoms with Gasteiger partial charge in [-0.3, -0.25) is 19.6 Å². The Morgan fingerprint density at radius 1 is 0.958 bits per heavy atom. The van der Waals surface area contributed by atoms with E-state index in [0.717, 1.165) is 6.42 Å². The number of nitrogens with zero attached hydrogens (tertiary/aromatic N) is 1. The molecule has 2 aromatic carbocycles. The quantitative estimate of drug-likeness (QED) is 0.405. The molecule has 0 saturated heterocycles. The second-order valence-electron chi connectivity index (χ2n) is 5.00. The molecule has 0 spiro atoms. The number of para-hydroxylation sites is 1. The number of ether oxygens (including phenoxy) is 1. The van der Waals surface area contributed by atoms with Gasteiger partial charge in [-0.05, 0) is 30.7 Å². The van der Waals surface area contributed by atoms with E-state index < -0.39 is 11.8 Å². The molecule has 1 aliphatic rings. The summed E-state index contributed by atoms with van der Waals surface area (Å²) in [7, 11) is 0. The van der Waals surface area contributed by atoms with E-state index >= 15 is 0 Å². The SMILES string of the molecule is CCCC(=O)Oc1ccccc1.O=C1c2ccccc2C(=O)N1O. The van der Waals surface area contributed by atoms with Crippen LogP contribution < -0.4 is 4.74 Å². The molecule has 0 fully saturated rings. The van der Waals surface area contributed by atoms with Crippen LogP contribution in [-0.4, -0.2) is 28.1 Å². The van der Waals surface area contributed by atoms with E-state index in [2.05, 4.69) is 0 Å². The monoisotopic (exact) mass is 327 g/mol. The zero-order chi connectivity index (χ0) is 17.5. The third kappa shape index (κ3) is 4.05. The van der Waals surface area contributed by atoms with Crippen molar-refractivity contribution in [3.05, 3.63) is 65.7 Å². The molecular weight excluding hydrogens is 310 g/mol. The minimum absolute atomic E-state index is 0.130. The van der Waals surface area contributed by atoms with Crippen molar-refractivity contribution in [2.75, 3.05) is 0 Å². The van der Waals surface area contributed by atoms with Crippen molar-refractivity contribution in [2.24, 2.45) is 0 Å². The Bertz CT molecular complexity index is 707. The maximum atomic E-state index is 11.1. The number of hydroxylamine groups is 2. The van der Waals surface area contributed by atoms with Crippen LogP contribution in [0.5, 0.6) is 5.75 Å². The van der Waals surface area contributed by atoms with E-state index in [-0.39, 0.29) is 22.2 Å². The van der Waals surface area contributed by atoms with E-state index in [1.165, 1.54) is 12.1 Å². The van der Waals surface area contributed by atoms with Crippen LogP contribution >= 0.6 is 0 Å². The Morgan fingerprint density at radius 3 is 1.96 bits per heavy atom. The smallest absolute Gasteiger partial charge is 0.311 e. The summed E-state index contributed by atoms with van der Waals surface area (Å²) in [5.41, 5.74) is 0.509. The summed E-state index contributed by atoms with van der Waals surface area (Å²) < 4.78 is 5.02. The summed E-state index contributed by atoms with van der Waals surface area (Å²) in [6.07, 6.45) is 1.31. The van der Waals surface area contributed by atoms with Crippen molar-refractivity contribution in [1.82, 2.24) is 5.06 Å². The summed E-state index contributed by atoms with van der Waals surface area (Å²) in [4.78, 5) is 33.1. The van der Waals surface area contributed by atoms with Crippen molar-refractivity contribution in [3.8, 4) is 5.75 Å². The van der Waals surface area contributed by atoms with Crippen molar-refractivity contribution in [1.29, 1.82) is 0 Å². The fourth-order valence-electron chi connectivity index (χ4n) is 2.05. The lowest BCUT2D eigenvalue weighted by Crippen LogP contribution is -2.25. The molecule has 0 aromatic heterocycles. The molecule has 0 saturated carbocycles. The van der Waals surface area contributed by atoms with Gasteiger partial charge in [-0.15, -0.1) is 5.06 Å². The molecular formula is C18H17NO5. The number of amides is 2. The lowest BCUT2D eigenvalue weighted by molar-refractivity contribution is -0.134. The molecule has 124 valence electrons. The number of carbonyl (C=O) groups excluding carboxylic acids is 3. The molecule has 0 aliphatic carbocycles. The largest absolute Gasteiger partial charge is 0.427 e. The lowest BCUT2D eigenvalue weighted by Gasteiger charge is -2.01. The molecule has 0 unspecified atom stereocenters. The van der Waals surface area contributed by atoms with Crippen LogP contribution in [0.15, 0.2) is 54.6 Å². The molecule has 24 heavy (non-hydrogen) atoms. The number of fused-ring (bicyclic) bond motifs is 1. The second kappa shape index (κ2) is 8.03. The summed E-state index contributed by atoms with van der Waals surface area (Å²) in [5, 5.41) is 9.05. The number of carbonyl (C=O) groups is 3. The normalized spacial score (nSPS) is 12.3. The zero-order valence-electron chi connectivity index (χ0n) is 13.1. The highest BCUT2D eigenvalue weighted by atomic mass is 16.5. The van der Waals surface area contributed by atoms with E-state index in [9.17, 15) is 14.4 Å². The Morgan fingerprint density at radius 2 is 1.46 bits per heavy atom. The third-order valence-electron chi connectivity index (χ3n) is 3.20. The van der Waals surface area contributed by atoms with E-state index in [1.54, 1.807) is 24.3 Å². The van der Waals surface area contributed by atoms with Crippen LogP contribution in [0.4, 0.5) is 0 Å². The van der Waals surface area contributed by atoms with Crippen LogP contribution in [0, 0.1) is 0 Å². The van der Waals surface area contributed by atoms with Gasteiger partial charge in [0.05, 0.1) is 11.1 Å². The predicted molar refractivity (Wildman–Crippen MR) is 85.7 cm³/mol. The van der Waals surface area contributed by atoms with Gasteiger partial charge in [0.15, 0.2) is 0 Å². The van der Waals surface area contributed by atoms with Gasteiger partial charge in [-0.2, -0.15) is 0 Å². The topological polar surface area (TPSA) is 83.9 Å². The molecule has 3 rings (SSSR count). The Labute approximate surface area is 139 Å². The first-order chi connectivity index (χ1) is 11.5. The number of esters is 1. The second-order valence-corrected chi connectivity index (χ2v) is 5.00. The van der Waals surface area contributed by atoms with Crippen LogP contribution in [0.3, 0.4) is 0 Å². The first kappa shape index (κ1) is 17.4. The minimum Gasteiger partial charge on any atom is -0.427 e. The van der Waals surface area contributed by atoms with E-state index in [4.69, 9.17) is 9.94 Å². The first-order valence-electron chi connectivity index (χ1n) is 7.47. The van der Waals surface area contributed by atoms with Gasteiger partial charge in [0, 0.05) is 6.42 Å². The zero-order valence-corrected chi connectivity index (χ0v) is 13.1. The highest BCUT2D eigenvalue weighted by Crippen LogP contribution is 2.20. The average molecular weight is 327 g/mol. The molecule has 2 amide bonds. The van der Waals surface area contributed by atoms with Crippen molar-refractivity contribution >= 4 is 17.8 Å². The summed E-state index contributed by atoms with van der Waals surface area (Å²) in [5.74, 6) is -0.856. The standard InChI is InChI=1S/C10H12O2.C8H5NO3/c1-2-6-10(11)12-9-7-4-3-5-8-9;10-7-5-3-1-2-4-6(5)8(11)9(7)12/h3-5,7-8H,2,6H2,1H3;1-4,12H. The molecule has 6 heteroatoms. The molecule has 0 atom stereocenters. The third-order valence-corrected chi connectivity index (χ3v) is 3.20. The number of hydrogen-bond donors (Lipinski definition) is 1. The molecule has 0 radical (unpaired) electrons. The number of rotatable bonds is 3. The Balaban J connectivity index is 0.000000174. The van der Waals surface area contributed by atoms with Gasteiger partial charge in [0.2, 0.25) is 0 Å². The fraction of sp³-hybridized carbons (Fsp3) is 0.167. The maximum absolute atomic E-state index is 11.1. The van der Waals surface area contributed by atoms with Crippen molar-refractivity contribution in [2.45, 2.75) is 19.8 Å². The van der Waals surface area contributed by atoms with E-state index in [0.29, 0.717) is 12.2 Å². The van der Waals surface area contributed by atoms with Gasteiger partial charge in [0.1, 0.15) is 5.75 Å². The van der Waals surface area contributed by atoms with E-state index in [1.807, 2.05) is 25.1 Å². The number of hydrogen-bond acceptors (Lipinski definition) is 5. The summed E-state index contributed by atoms with van der Waals surface area (Å²) >= 11 is 0. The van der Waals surface area contributed by atoms with Crippen LogP contribution in [0.25, 0.3) is 0 Å². The molecule has 1 N–H and O–H groups in total. The molecule has 1 aliphatic heterocycles. The molecule has 0 bridgehead atoms. The molecule has 1 heterocycles. The lowest BCUT2D eigenvalue weighted by atomic mass is 10.1. The number of imide groups is 1. The van der Waals surface area contributed by atoms with Gasteiger partial charge in [-0.1, -0.05) is 37.3 Å². The number of benzene rings is 2. The van der Waals surface area contributed by atoms with Gasteiger partial charge >= 0.3 is 5.97 Å². The summed E-state index contributed by atoms with van der Waals surface area (Å²) in [6.45, 7) is 1.95. The Hall–Kier alpha value is -2.99. The highest BCUT2D eigenvalue weighted by Gasteiger charge is 2.33. The summed E-state index contributed by atoms with van der Waals surface area (Å²) in [6, 6.07) is 15.4. The highest BCUT2D eigenvalue weighted by molar-refractivity contribution is 6.20. The van der Waals surface area contributed by atoms with Crippen molar-refractivity contribution < 1.29 is 24.3 Å². The maximum Gasteiger partial charge on any atom is 0.311 e. The predicted octanol–water partition coefficient (Wildman–Crippen LogP) is 3.06. The fourth-order valence-corrected chi connectivity index (χ4v) is 2.05. The minimum atomic E-state index is -0.657. The first-order valence-corrected chi connectivity index (χ1v) is 7.47. The van der Waals surface area contributed by atoms with Crippen LogP contribution in [-0.2, 0) is 4.79 Å². The molecule has 2 aromatic rings. The van der Waals surface area contributed by atoms with Gasteiger partial charge in [0.25, 0.3) is 11.8 Å². The molecule has 6 nitrogen and oxygen atoms in total. The Kier molecular flexibility index (Phi) is 5.81. The van der Waals surface area contributed by atoms with Crippen molar-refractivity contribution in [3.63, 3.8) is 0 Å².